The van der Waals surface area contributed by atoms with Gasteiger partial charge in [-0.15, -0.1) is 0 Å². The molecule has 20 heavy (non-hydrogen) atoms. The molecular formula is C14H21N3O3. The van der Waals surface area contributed by atoms with Gasteiger partial charge in [-0.1, -0.05) is 12.1 Å². The maximum atomic E-state index is 11.9. The summed E-state index contributed by atoms with van der Waals surface area (Å²) in [5, 5.41) is 14.5. The highest BCUT2D eigenvalue weighted by atomic mass is 16.4. The second-order valence-corrected chi connectivity index (χ2v) is 4.63. The molecule has 1 rings (SSSR count). The van der Waals surface area contributed by atoms with Gasteiger partial charge in [0.05, 0.1) is 6.42 Å². The predicted molar refractivity (Wildman–Crippen MR) is 77.6 cm³/mol. The first-order valence-corrected chi connectivity index (χ1v) is 6.48. The monoisotopic (exact) mass is 279 g/mol. The highest BCUT2D eigenvalue weighted by Gasteiger charge is 2.20. The van der Waals surface area contributed by atoms with Crippen LogP contribution >= 0.6 is 0 Å². The van der Waals surface area contributed by atoms with Gasteiger partial charge < -0.3 is 21.5 Å². The third kappa shape index (κ3) is 4.64. The van der Waals surface area contributed by atoms with Gasteiger partial charge in [0.2, 0.25) is 5.91 Å². The van der Waals surface area contributed by atoms with Crippen molar-refractivity contribution in [1.82, 2.24) is 5.32 Å². The standard InChI is InChI=1S/C14H21N3O3/c1-9-4-3-5-11(10(9)2)17-13(18)8-12(14(19)20)16-7-6-15/h3-5,12,16H,6-8,15H2,1-2H3,(H,17,18)(H,19,20). The van der Waals surface area contributed by atoms with E-state index in [2.05, 4.69) is 10.6 Å². The summed E-state index contributed by atoms with van der Waals surface area (Å²) in [6.45, 7) is 4.54. The van der Waals surface area contributed by atoms with Crippen molar-refractivity contribution < 1.29 is 14.7 Å². The zero-order valence-electron chi connectivity index (χ0n) is 11.8. The summed E-state index contributed by atoms with van der Waals surface area (Å²) in [4.78, 5) is 22.9. The number of aliphatic carboxylic acids is 1. The second kappa shape index (κ2) is 7.62. The van der Waals surface area contributed by atoms with Gasteiger partial charge in [0.25, 0.3) is 0 Å². The van der Waals surface area contributed by atoms with Crippen LogP contribution in [0.5, 0.6) is 0 Å². The fourth-order valence-corrected chi connectivity index (χ4v) is 1.78. The van der Waals surface area contributed by atoms with Crippen LogP contribution in [-0.2, 0) is 9.59 Å². The van der Waals surface area contributed by atoms with Crippen LogP contribution in [-0.4, -0.2) is 36.1 Å². The molecule has 0 spiro atoms. The van der Waals surface area contributed by atoms with Crippen molar-refractivity contribution in [3.63, 3.8) is 0 Å². The van der Waals surface area contributed by atoms with Crippen molar-refractivity contribution in [2.24, 2.45) is 5.73 Å². The number of nitrogens with two attached hydrogens (primary N) is 1. The molecule has 1 unspecified atom stereocenters. The smallest absolute Gasteiger partial charge is 0.321 e. The predicted octanol–water partition coefficient (Wildman–Crippen LogP) is 0.634. The molecule has 1 atom stereocenters. The quantitative estimate of drug-likeness (QED) is 0.586. The Balaban J connectivity index is 2.66. The third-order valence-electron chi connectivity index (χ3n) is 3.10. The third-order valence-corrected chi connectivity index (χ3v) is 3.10. The number of amides is 1. The number of carboxylic acid groups (broad SMARTS) is 1. The minimum absolute atomic E-state index is 0.136. The Morgan fingerprint density at radius 2 is 2.05 bits per heavy atom. The molecule has 110 valence electrons. The molecule has 0 fully saturated rings. The average molecular weight is 279 g/mol. The molecule has 0 saturated carbocycles. The number of anilines is 1. The Morgan fingerprint density at radius 1 is 1.35 bits per heavy atom. The van der Waals surface area contributed by atoms with Gasteiger partial charge in [0.1, 0.15) is 6.04 Å². The fraction of sp³-hybridized carbons (Fsp3) is 0.429. The molecule has 1 amide bonds. The molecule has 0 radical (unpaired) electrons. The van der Waals surface area contributed by atoms with Crippen LogP contribution in [0.2, 0.25) is 0 Å². The molecule has 0 aromatic heterocycles. The lowest BCUT2D eigenvalue weighted by molar-refractivity contribution is -0.141. The SMILES string of the molecule is Cc1cccc(NC(=O)CC(NCCN)C(=O)O)c1C. The maximum absolute atomic E-state index is 11.9. The summed E-state index contributed by atoms with van der Waals surface area (Å²) >= 11 is 0. The Labute approximate surface area is 118 Å². The minimum atomic E-state index is -1.06. The van der Waals surface area contributed by atoms with Crippen LogP contribution in [0.3, 0.4) is 0 Å². The summed E-state index contributed by atoms with van der Waals surface area (Å²) in [5.41, 5.74) is 8.06. The van der Waals surface area contributed by atoms with Crippen molar-refractivity contribution >= 4 is 17.6 Å². The largest absolute Gasteiger partial charge is 0.480 e. The summed E-state index contributed by atoms with van der Waals surface area (Å²) in [7, 11) is 0. The van der Waals surface area contributed by atoms with Gasteiger partial charge in [-0.2, -0.15) is 0 Å². The molecule has 0 aliphatic rings. The van der Waals surface area contributed by atoms with Gasteiger partial charge in [-0.3, -0.25) is 9.59 Å². The number of nitrogens with one attached hydrogen (secondary N) is 2. The van der Waals surface area contributed by atoms with E-state index in [4.69, 9.17) is 10.8 Å². The highest BCUT2D eigenvalue weighted by Crippen LogP contribution is 2.18. The van der Waals surface area contributed by atoms with Crippen molar-refractivity contribution in [2.45, 2.75) is 26.3 Å². The van der Waals surface area contributed by atoms with Crippen LogP contribution in [0, 0.1) is 13.8 Å². The number of carbonyl (C=O) groups is 2. The molecule has 6 heteroatoms. The molecule has 1 aromatic carbocycles. The number of hydrogen-bond acceptors (Lipinski definition) is 4. The summed E-state index contributed by atoms with van der Waals surface area (Å²) in [6, 6.07) is 4.67. The molecule has 5 N–H and O–H groups in total. The van der Waals surface area contributed by atoms with E-state index in [1.54, 1.807) is 6.07 Å². The number of carbonyl (C=O) groups excluding carboxylic acids is 1. The Bertz CT molecular complexity index is 489. The van der Waals surface area contributed by atoms with E-state index in [1.807, 2.05) is 26.0 Å². The Hall–Kier alpha value is -1.92. The summed E-state index contributed by atoms with van der Waals surface area (Å²) in [5.74, 6) is -1.40. The second-order valence-electron chi connectivity index (χ2n) is 4.63. The van der Waals surface area contributed by atoms with Crippen LogP contribution in [0.25, 0.3) is 0 Å². The van der Waals surface area contributed by atoms with E-state index in [9.17, 15) is 9.59 Å². The first kappa shape index (κ1) is 16.1. The lowest BCUT2D eigenvalue weighted by Crippen LogP contribution is -2.41. The molecule has 1 aromatic rings. The van der Waals surface area contributed by atoms with Gasteiger partial charge in [0.15, 0.2) is 0 Å². The molecular weight excluding hydrogens is 258 g/mol. The van der Waals surface area contributed by atoms with Crippen LogP contribution in [0.4, 0.5) is 5.69 Å². The molecule has 6 nitrogen and oxygen atoms in total. The topological polar surface area (TPSA) is 104 Å². The Morgan fingerprint density at radius 3 is 2.65 bits per heavy atom. The van der Waals surface area contributed by atoms with Crippen molar-refractivity contribution in [3.05, 3.63) is 29.3 Å². The minimum Gasteiger partial charge on any atom is -0.480 e. The van der Waals surface area contributed by atoms with Gasteiger partial charge in [-0.25, -0.2) is 0 Å². The van der Waals surface area contributed by atoms with Gasteiger partial charge in [0, 0.05) is 18.8 Å². The molecule has 0 saturated heterocycles. The average Bonchev–Trinajstić information content (AvgIpc) is 2.39. The normalized spacial score (nSPS) is 11.9. The fourth-order valence-electron chi connectivity index (χ4n) is 1.78. The molecule has 0 heterocycles. The van der Waals surface area contributed by atoms with E-state index in [1.165, 1.54) is 0 Å². The number of aryl methyl sites for hydroxylation is 1. The van der Waals surface area contributed by atoms with E-state index in [-0.39, 0.29) is 12.3 Å². The van der Waals surface area contributed by atoms with E-state index in [0.29, 0.717) is 18.8 Å². The Kier molecular flexibility index (Phi) is 6.14. The highest BCUT2D eigenvalue weighted by molar-refractivity contribution is 5.94. The van der Waals surface area contributed by atoms with Crippen LogP contribution in [0.15, 0.2) is 18.2 Å². The first-order chi connectivity index (χ1) is 9.45. The van der Waals surface area contributed by atoms with E-state index < -0.39 is 12.0 Å². The lowest BCUT2D eigenvalue weighted by atomic mass is 10.1. The number of carboxylic acids is 1. The van der Waals surface area contributed by atoms with Crippen LogP contribution < -0.4 is 16.4 Å². The van der Waals surface area contributed by atoms with Crippen molar-refractivity contribution in [2.75, 3.05) is 18.4 Å². The van der Waals surface area contributed by atoms with Gasteiger partial charge in [-0.05, 0) is 31.0 Å². The van der Waals surface area contributed by atoms with Crippen molar-refractivity contribution in [3.8, 4) is 0 Å². The number of benzene rings is 1. The number of hydrogen-bond donors (Lipinski definition) is 4. The first-order valence-electron chi connectivity index (χ1n) is 6.48. The van der Waals surface area contributed by atoms with Crippen LogP contribution in [0.1, 0.15) is 17.5 Å². The van der Waals surface area contributed by atoms with Crippen molar-refractivity contribution in [1.29, 1.82) is 0 Å². The maximum Gasteiger partial charge on any atom is 0.321 e. The lowest BCUT2D eigenvalue weighted by Gasteiger charge is -2.15. The van der Waals surface area contributed by atoms with Gasteiger partial charge >= 0.3 is 5.97 Å². The zero-order chi connectivity index (χ0) is 15.1. The summed E-state index contributed by atoms with van der Waals surface area (Å²) in [6.07, 6.45) is -0.136. The number of rotatable bonds is 7. The molecule has 0 aliphatic heterocycles. The molecule has 0 aliphatic carbocycles. The summed E-state index contributed by atoms with van der Waals surface area (Å²) < 4.78 is 0. The van der Waals surface area contributed by atoms with E-state index in [0.717, 1.165) is 11.1 Å². The zero-order valence-corrected chi connectivity index (χ0v) is 11.8. The van der Waals surface area contributed by atoms with E-state index >= 15 is 0 Å². The molecule has 0 bridgehead atoms.